The van der Waals surface area contributed by atoms with Crippen molar-refractivity contribution in [2.24, 2.45) is 23.2 Å². The molecule has 2 amide bonds. The fourth-order valence-corrected chi connectivity index (χ4v) is 5.26. The molecule has 0 fully saturated rings. The van der Waals surface area contributed by atoms with Gasteiger partial charge in [-0.3, -0.25) is 9.59 Å². The van der Waals surface area contributed by atoms with Gasteiger partial charge in [-0.2, -0.15) is 0 Å². The molecule has 3 N–H and O–H groups in total. The van der Waals surface area contributed by atoms with Crippen molar-refractivity contribution in [3.8, 4) is 0 Å². The Morgan fingerprint density at radius 1 is 1.13 bits per heavy atom. The summed E-state index contributed by atoms with van der Waals surface area (Å²) in [4.78, 5) is 40.0. The number of ether oxygens (including phenoxy) is 2. The first-order valence-electron chi connectivity index (χ1n) is 13.8. The lowest BCUT2D eigenvalue weighted by Crippen LogP contribution is -2.49. The molecule has 9 heteroatoms. The van der Waals surface area contributed by atoms with Crippen molar-refractivity contribution in [2.45, 2.75) is 91.9 Å². The number of carbonyl (C=O) groups is 3. The van der Waals surface area contributed by atoms with Gasteiger partial charge in [0.25, 0.3) is 0 Å². The van der Waals surface area contributed by atoms with E-state index >= 15 is 0 Å². The molecule has 2 rings (SSSR count). The fourth-order valence-electron chi connectivity index (χ4n) is 5.26. The van der Waals surface area contributed by atoms with E-state index in [1.54, 1.807) is 41.7 Å². The van der Waals surface area contributed by atoms with E-state index in [0.717, 1.165) is 17.7 Å². The molecule has 1 aromatic rings. The molecule has 4 atom stereocenters. The number of carboxylic acid groups (broad SMARTS) is 1. The normalized spacial score (nSPS) is 18.2. The number of rotatable bonds is 12. The van der Waals surface area contributed by atoms with Gasteiger partial charge in [0.1, 0.15) is 5.60 Å². The number of aliphatic hydroxyl groups is 1. The minimum Gasteiger partial charge on any atom is -0.481 e. The van der Waals surface area contributed by atoms with Crippen LogP contribution in [0.5, 0.6) is 0 Å². The van der Waals surface area contributed by atoms with Crippen LogP contribution in [0.25, 0.3) is 0 Å². The average Bonchev–Trinajstić information content (AvgIpc) is 2.79. The largest absolute Gasteiger partial charge is 0.481 e. The van der Waals surface area contributed by atoms with E-state index < -0.39 is 41.1 Å². The summed E-state index contributed by atoms with van der Waals surface area (Å²) in [6, 6.07) is 7.07. The average molecular weight is 549 g/mol. The molecule has 0 bridgehead atoms. The van der Waals surface area contributed by atoms with Crippen LogP contribution in [0.2, 0.25) is 0 Å². The summed E-state index contributed by atoms with van der Waals surface area (Å²) in [6.45, 7) is 13.7. The van der Waals surface area contributed by atoms with Crippen LogP contribution in [0.1, 0.15) is 73.3 Å². The molecular weight excluding hydrogens is 500 g/mol. The predicted molar refractivity (Wildman–Crippen MR) is 151 cm³/mol. The minimum absolute atomic E-state index is 0.0321. The molecule has 220 valence electrons. The molecule has 1 aliphatic rings. The molecule has 1 heterocycles. The van der Waals surface area contributed by atoms with Gasteiger partial charge in [0.05, 0.1) is 24.7 Å². The summed E-state index contributed by atoms with van der Waals surface area (Å²) in [6.07, 6.45) is -0.607. The number of nitrogens with zero attached hydrogens (tertiary/aromatic N) is 1. The lowest BCUT2D eigenvalue weighted by atomic mass is 9.78. The lowest BCUT2D eigenvalue weighted by molar-refractivity contribution is -0.144. The first kappa shape index (κ1) is 32.6. The summed E-state index contributed by atoms with van der Waals surface area (Å²) in [7, 11) is 1.66. The van der Waals surface area contributed by atoms with Crippen molar-refractivity contribution in [3.05, 3.63) is 29.8 Å². The highest BCUT2D eigenvalue weighted by molar-refractivity contribution is 5.95. The molecule has 1 aliphatic heterocycles. The van der Waals surface area contributed by atoms with Gasteiger partial charge in [-0.25, -0.2) is 4.79 Å². The summed E-state index contributed by atoms with van der Waals surface area (Å²) in [5, 5.41) is 23.6. The Morgan fingerprint density at radius 3 is 2.33 bits per heavy atom. The lowest BCUT2D eigenvalue weighted by Gasteiger charge is -2.38. The number of carbonyl (C=O) groups excluding carboxylic acids is 2. The van der Waals surface area contributed by atoms with Gasteiger partial charge in [0, 0.05) is 31.7 Å². The maximum Gasteiger partial charge on any atom is 0.407 e. The van der Waals surface area contributed by atoms with Crippen LogP contribution in [-0.4, -0.2) is 66.2 Å². The standard InChI is InChI=1S/C30H48N2O7/c1-19(2)22(27(35)36)14-25(33)23(31-28(37)39-29(3,4)5)15-30(6,7)16-26(34)32-17-20(18-38-8)13-21-11-9-10-12-24(21)32/h9-12,19-20,22-23,25,33H,13-18H2,1-8H3,(H,31,37)(H,35,36)/t20-,22?,23?,25?/m0/s1. The Labute approximate surface area is 233 Å². The Kier molecular flexibility index (Phi) is 11.4. The Morgan fingerprint density at radius 2 is 1.77 bits per heavy atom. The maximum atomic E-state index is 13.7. The second kappa shape index (κ2) is 13.6. The molecular formula is C30H48N2O7. The van der Waals surface area contributed by atoms with Gasteiger partial charge < -0.3 is 29.9 Å². The van der Waals surface area contributed by atoms with Gasteiger partial charge in [-0.15, -0.1) is 0 Å². The number of anilines is 1. The van der Waals surface area contributed by atoms with Gasteiger partial charge in [0.15, 0.2) is 0 Å². The third kappa shape index (κ3) is 10.1. The number of alkyl carbamates (subject to hydrolysis) is 1. The second-order valence-electron chi connectivity index (χ2n) is 12.9. The molecule has 9 nitrogen and oxygen atoms in total. The van der Waals surface area contributed by atoms with Crippen molar-refractivity contribution in [2.75, 3.05) is 25.2 Å². The van der Waals surface area contributed by atoms with Crippen LogP contribution in [0.3, 0.4) is 0 Å². The highest BCUT2D eigenvalue weighted by Crippen LogP contribution is 2.35. The zero-order chi connectivity index (χ0) is 29.5. The molecule has 3 unspecified atom stereocenters. The van der Waals surface area contributed by atoms with Crippen LogP contribution in [-0.2, 0) is 25.5 Å². The third-order valence-corrected chi connectivity index (χ3v) is 7.12. The van der Waals surface area contributed by atoms with Crippen LogP contribution in [0.15, 0.2) is 24.3 Å². The van der Waals surface area contributed by atoms with E-state index in [-0.39, 0.29) is 37.0 Å². The maximum absolute atomic E-state index is 13.7. The van der Waals surface area contributed by atoms with Gasteiger partial charge in [0.2, 0.25) is 5.91 Å². The predicted octanol–water partition coefficient (Wildman–Crippen LogP) is 4.65. The van der Waals surface area contributed by atoms with E-state index in [0.29, 0.717) is 13.2 Å². The number of nitrogens with one attached hydrogen (secondary N) is 1. The topological polar surface area (TPSA) is 125 Å². The van der Waals surface area contributed by atoms with Crippen molar-refractivity contribution < 1.29 is 34.1 Å². The monoisotopic (exact) mass is 548 g/mol. The van der Waals surface area contributed by atoms with Crippen molar-refractivity contribution in [1.29, 1.82) is 0 Å². The SMILES string of the molecule is COC[C@H]1Cc2ccccc2N(C(=O)CC(C)(C)CC(NC(=O)OC(C)(C)C)C(O)CC(C(=O)O)C(C)C)C1. The Balaban J connectivity index is 2.24. The number of hydrogen-bond donors (Lipinski definition) is 3. The number of aliphatic carboxylic acids is 1. The van der Waals surface area contributed by atoms with E-state index in [2.05, 4.69) is 5.32 Å². The molecule has 0 saturated carbocycles. The highest BCUT2D eigenvalue weighted by Gasteiger charge is 2.37. The van der Waals surface area contributed by atoms with E-state index in [1.165, 1.54) is 0 Å². The van der Waals surface area contributed by atoms with E-state index in [4.69, 9.17) is 9.47 Å². The molecule has 0 aliphatic carbocycles. The van der Waals surface area contributed by atoms with Crippen LogP contribution in [0.4, 0.5) is 10.5 Å². The number of aliphatic hydroxyl groups excluding tert-OH is 1. The number of hydrogen-bond acceptors (Lipinski definition) is 6. The second-order valence-corrected chi connectivity index (χ2v) is 12.9. The first-order chi connectivity index (χ1) is 18.0. The molecule has 0 saturated heterocycles. The van der Waals surface area contributed by atoms with Gasteiger partial charge in [-0.05, 0) is 63.0 Å². The Bertz CT molecular complexity index is 986. The molecule has 0 radical (unpaired) electrons. The summed E-state index contributed by atoms with van der Waals surface area (Å²) in [5.74, 6) is -1.85. The van der Waals surface area contributed by atoms with Gasteiger partial charge in [-0.1, -0.05) is 45.9 Å². The van der Waals surface area contributed by atoms with Crippen LogP contribution in [0, 0.1) is 23.2 Å². The number of benzene rings is 1. The summed E-state index contributed by atoms with van der Waals surface area (Å²) < 4.78 is 10.8. The Hall–Kier alpha value is -2.65. The van der Waals surface area contributed by atoms with Crippen LogP contribution < -0.4 is 10.2 Å². The number of carboxylic acids is 1. The van der Waals surface area contributed by atoms with E-state index in [1.807, 2.05) is 43.0 Å². The summed E-state index contributed by atoms with van der Waals surface area (Å²) >= 11 is 0. The molecule has 0 spiro atoms. The number of methoxy groups -OCH3 is 1. The minimum atomic E-state index is -1.14. The van der Waals surface area contributed by atoms with Crippen LogP contribution >= 0.6 is 0 Å². The molecule has 1 aromatic carbocycles. The van der Waals surface area contributed by atoms with Gasteiger partial charge >= 0.3 is 12.1 Å². The highest BCUT2D eigenvalue weighted by atomic mass is 16.6. The van der Waals surface area contributed by atoms with E-state index in [9.17, 15) is 24.6 Å². The molecule has 0 aromatic heterocycles. The number of fused-ring (bicyclic) bond motifs is 1. The zero-order valence-electron chi connectivity index (χ0n) is 24.8. The third-order valence-electron chi connectivity index (χ3n) is 7.12. The van der Waals surface area contributed by atoms with Crippen molar-refractivity contribution in [3.63, 3.8) is 0 Å². The zero-order valence-corrected chi connectivity index (χ0v) is 24.8. The molecule has 39 heavy (non-hydrogen) atoms. The quantitative estimate of drug-likeness (QED) is 0.347. The fraction of sp³-hybridized carbons (Fsp3) is 0.700. The van der Waals surface area contributed by atoms with Crippen molar-refractivity contribution in [1.82, 2.24) is 5.32 Å². The smallest absolute Gasteiger partial charge is 0.407 e. The number of amides is 2. The first-order valence-corrected chi connectivity index (χ1v) is 13.8. The summed E-state index contributed by atoms with van der Waals surface area (Å²) in [5.41, 5.74) is 0.630. The number of para-hydroxylation sites is 1. The van der Waals surface area contributed by atoms with Crippen molar-refractivity contribution >= 4 is 23.7 Å².